The van der Waals surface area contributed by atoms with Gasteiger partial charge in [0, 0.05) is 18.3 Å². The SMILES string of the molecule is CCCCCCNC(=O)c1cc(C#N)ccc1NC1CCCC1. The maximum absolute atomic E-state index is 12.5. The molecule has 0 radical (unpaired) electrons. The van der Waals surface area contributed by atoms with E-state index >= 15 is 0 Å². The standard InChI is InChI=1S/C19H27N3O/c1-2-3-4-7-12-21-19(23)17-13-15(14-20)10-11-18(17)22-16-8-5-6-9-16/h10-11,13,16,22H,2-9,12H2,1H3,(H,21,23). The molecule has 2 rings (SSSR count). The Labute approximate surface area is 139 Å². The minimum atomic E-state index is -0.0842. The third-order valence-electron chi connectivity index (χ3n) is 4.42. The summed E-state index contributed by atoms with van der Waals surface area (Å²) in [5, 5.41) is 15.6. The Hall–Kier alpha value is -2.02. The first-order valence-corrected chi connectivity index (χ1v) is 8.83. The summed E-state index contributed by atoms with van der Waals surface area (Å²) in [6, 6.07) is 7.89. The molecule has 1 amide bonds. The summed E-state index contributed by atoms with van der Waals surface area (Å²) in [6.07, 6.45) is 9.32. The number of carbonyl (C=O) groups is 1. The Morgan fingerprint density at radius 3 is 2.74 bits per heavy atom. The molecule has 1 aliphatic carbocycles. The highest BCUT2D eigenvalue weighted by Gasteiger charge is 2.18. The highest BCUT2D eigenvalue weighted by atomic mass is 16.1. The minimum Gasteiger partial charge on any atom is -0.382 e. The molecule has 0 unspecified atom stereocenters. The summed E-state index contributed by atoms with van der Waals surface area (Å²) in [4.78, 5) is 12.5. The lowest BCUT2D eigenvalue weighted by molar-refractivity contribution is 0.0953. The first-order valence-electron chi connectivity index (χ1n) is 8.83. The Morgan fingerprint density at radius 2 is 2.04 bits per heavy atom. The molecule has 0 heterocycles. The molecule has 0 saturated heterocycles. The zero-order valence-corrected chi connectivity index (χ0v) is 14.0. The fourth-order valence-corrected chi connectivity index (χ4v) is 3.07. The van der Waals surface area contributed by atoms with Crippen LogP contribution in [0, 0.1) is 11.3 Å². The number of nitriles is 1. The summed E-state index contributed by atoms with van der Waals surface area (Å²) in [7, 11) is 0. The van der Waals surface area contributed by atoms with E-state index in [0.29, 0.717) is 23.7 Å². The third-order valence-corrected chi connectivity index (χ3v) is 4.42. The minimum absolute atomic E-state index is 0.0842. The molecular weight excluding hydrogens is 286 g/mol. The smallest absolute Gasteiger partial charge is 0.253 e. The van der Waals surface area contributed by atoms with Crippen molar-refractivity contribution in [3.63, 3.8) is 0 Å². The van der Waals surface area contributed by atoms with Crippen molar-refractivity contribution in [1.82, 2.24) is 5.32 Å². The molecule has 0 atom stereocenters. The molecule has 0 aliphatic heterocycles. The van der Waals surface area contributed by atoms with Gasteiger partial charge in [-0.05, 0) is 37.5 Å². The van der Waals surface area contributed by atoms with Gasteiger partial charge in [0.1, 0.15) is 0 Å². The van der Waals surface area contributed by atoms with Gasteiger partial charge in [0.25, 0.3) is 5.91 Å². The number of anilines is 1. The highest BCUT2D eigenvalue weighted by Crippen LogP contribution is 2.25. The summed E-state index contributed by atoms with van der Waals surface area (Å²) in [5.74, 6) is -0.0842. The number of nitrogens with zero attached hydrogens (tertiary/aromatic N) is 1. The monoisotopic (exact) mass is 313 g/mol. The summed E-state index contributed by atoms with van der Waals surface area (Å²) in [6.45, 7) is 2.87. The van der Waals surface area contributed by atoms with Gasteiger partial charge in [0.05, 0.1) is 17.2 Å². The number of unbranched alkanes of at least 4 members (excludes halogenated alkanes) is 3. The summed E-state index contributed by atoms with van der Waals surface area (Å²) < 4.78 is 0. The second-order valence-corrected chi connectivity index (χ2v) is 6.31. The number of benzene rings is 1. The molecule has 1 fully saturated rings. The lowest BCUT2D eigenvalue weighted by atomic mass is 10.1. The normalized spacial score (nSPS) is 14.4. The van der Waals surface area contributed by atoms with E-state index in [9.17, 15) is 4.79 Å². The van der Waals surface area contributed by atoms with Crippen LogP contribution in [-0.2, 0) is 0 Å². The van der Waals surface area contributed by atoms with Crippen molar-refractivity contribution in [2.24, 2.45) is 0 Å². The number of hydrogen-bond acceptors (Lipinski definition) is 3. The zero-order valence-electron chi connectivity index (χ0n) is 14.0. The first-order chi connectivity index (χ1) is 11.2. The molecule has 0 spiro atoms. The second kappa shape index (κ2) is 9.19. The van der Waals surface area contributed by atoms with Gasteiger partial charge in [0.15, 0.2) is 0 Å². The fourth-order valence-electron chi connectivity index (χ4n) is 3.07. The van der Waals surface area contributed by atoms with Gasteiger partial charge in [-0.25, -0.2) is 0 Å². The number of carbonyl (C=O) groups excluding carboxylic acids is 1. The number of amides is 1. The fraction of sp³-hybridized carbons (Fsp3) is 0.579. The summed E-state index contributed by atoms with van der Waals surface area (Å²) >= 11 is 0. The van der Waals surface area contributed by atoms with Gasteiger partial charge in [-0.15, -0.1) is 0 Å². The first kappa shape index (κ1) is 17.3. The number of nitrogens with one attached hydrogen (secondary N) is 2. The summed E-state index contributed by atoms with van der Waals surface area (Å²) in [5.41, 5.74) is 1.96. The van der Waals surface area contributed by atoms with E-state index in [-0.39, 0.29) is 5.91 Å². The maximum Gasteiger partial charge on any atom is 0.253 e. The van der Waals surface area contributed by atoms with E-state index in [1.807, 2.05) is 6.07 Å². The number of rotatable bonds is 8. The Balaban J connectivity index is 2.01. The lowest BCUT2D eigenvalue weighted by Crippen LogP contribution is -2.26. The van der Waals surface area contributed by atoms with Gasteiger partial charge in [-0.1, -0.05) is 39.0 Å². The van der Waals surface area contributed by atoms with Gasteiger partial charge >= 0.3 is 0 Å². The molecule has 4 nitrogen and oxygen atoms in total. The van der Waals surface area contributed by atoms with Crippen molar-refractivity contribution in [3.05, 3.63) is 29.3 Å². The van der Waals surface area contributed by atoms with Crippen molar-refractivity contribution in [3.8, 4) is 6.07 Å². The average molecular weight is 313 g/mol. The predicted molar refractivity (Wildman–Crippen MR) is 93.5 cm³/mol. The van der Waals surface area contributed by atoms with Crippen LogP contribution in [0.3, 0.4) is 0 Å². The van der Waals surface area contributed by atoms with Crippen molar-refractivity contribution in [2.75, 3.05) is 11.9 Å². The van der Waals surface area contributed by atoms with E-state index in [4.69, 9.17) is 5.26 Å². The molecule has 1 saturated carbocycles. The molecule has 1 aromatic rings. The van der Waals surface area contributed by atoms with Crippen molar-refractivity contribution in [1.29, 1.82) is 5.26 Å². The molecule has 0 bridgehead atoms. The molecule has 0 aromatic heterocycles. The van der Waals surface area contributed by atoms with Crippen LogP contribution >= 0.6 is 0 Å². The lowest BCUT2D eigenvalue weighted by Gasteiger charge is -2.17. The van der Waals surface area contributed by atoms with Crippen LogP contribution in [0.25, 0.3) is 0 Å². The molecule has 4 heteroatoms. The van der Waals surface area contributed by atoms with Crippen molar-refractivity contribution in [2.45, 2.75) is 64.3 Å². The van der Waals surface area contributed by atoms with E-state index in [2.05, 4.69) is 23.6 Å². The topological polar surface area (TPSA) is 64.9 Å². The predicted octanol–water partition coefficient (Wildman–Crippen LogP) is 4.22. The van der Waals surface area contributed by atoms with Crippen LogP contribution in [0.5, 0.6) is 0 Å². The van der Waals surface area contributed by atoms with E-state index in [1.165, 1.54) is 25.7 Å². The Kier molecular flexibility index (Phi) is 6.93. The largest absolute Gasteiger partial charge is 0.382 e. The van der Waals surface area contributed by atoms with Gasteiger partial charge in [-0.2, -0.15) is 5.26 Å². The molecule has 23 heavy (non-hydrogen) atoms. The number of hydrogen-bond donors (Lipinski definition) is 2. The third kappa shape index (κ3) is 5.28. The van der Waals surface area contributed by atoms with Crippen LogP contribution in [0.2, 0.25) is 0 Å². The molecule has 1 aliphatic rings. The molecular formula is C19H27N3O. The Morgan fingerprint density at radius 1 is 1.26 bits per heavy atom. The van der Waals surface area contributed by atoms with Gasteiger partial charge in [-0.3, -0.25) is 4.79 Å². The molecule has 2 N–H and O–H groups in total. The molecule has 124 valence electrons. The van der Waals surface area contributed by atoms with E-state index < -0.39 is 0 Å². The van der Waals surface area contributed by atoms with Gasteiger partial charge < -0.3 is 10.6 Å². The van der Waals surface area contributed by atoms with E-state index in [1.54, 1.807) is 12.1 Å². The van der Waals surface area contributed by atoms with Crippen LogP contribution in [0.4, 0.5) is 5.69 Å². The van der Waals surface area contributed by atoms with Crippen molar-refractivity contribution >= 4 is 11.6 Å². The average Bonchev–Trinajstić information content (AvgIpc) is 3.08. The van der Waals surface area contributed by atoms with E-state index in [0.717, 1.165) is 31.4 Å². The van der Waals surface area contributed by atoms with Crippen molar-refractivity contribution < 1.29 is 4.79 Å². The maximum atomic E-state index is 12.5. The van der Waals surface area contributed by atoms with Crippen LogP contribution in [-0.4, -0.2) is 18.5 Å². The second-order valence-electron chi connectivity index (χ2n) is 6.31. The van der Waals surface area contributed by atoms with Crippen LogP contribution in [0.1, 0.15) is 74.2 Å². The zero-order chi connectivity index (χ0) is 16.5. The quantitative estimate of drug-likeness (QED) is 0.706. The molecule has 1 aromatic carbocycles. The van der Waals surface area contributed by atoms with Crippen LogP contribution in [0.15, 0.2) is 18.2 Å². The Bertz CT molecular complexity index is 556. The highest BCUT2D eigenvalue weighted by molar-refractivity contribution is 6.00. The van der Waals surface area contributed by atoms with Gasteiger partial charge in [0.2, 0.25) is 0 Å². The van der Waals surface area contributed by atoms with Crippen LogP contribution < -0.4 is 10.6 Å².